The fourth-order valence-electron chi connectivity index (χ4n) is 2.27. The van der Waals surface area contributed by atoms with Crippen LogP contribution in [0, 0.1) is 0 Å². The van der Waals surface area contributed by atoms with E-state index in [9.17, 15) is 9.59 Å². The summed E-state index contributed by atoms with van der Waals surface area (Å²) in [4.78, 5) is 25.1. The number of hydrazine groups is 1. The number of aryl methyl sites for hydroxylation is 1. The quantitative estimate of drug-likeness (QED) is 0.675. The zero-order valence-electron chi connectivity index (χ0n) is 12.9. The van der Waals surface area contributed by atoms with Gasteiger partial charge < -0.3 is 4.57 Å². The lowest BCUT2D eigenvalue weighted by atomic mass is 10.1. The van der Waals surface area contributed by atoms with Crippen molar-refractivity contribution in [3.05, 3.63) is 64.8 Å². The third-order valence-electron chi connectivity index (χ3n) is 3.50. The van der Waals surface area contributed by atoms with E-state index in [0.717, 1.165) is 16.3 Å². The molecule has 2 aromatic rings. The first-order chi connectivity index (χ1) is 11.5. The molecule has 0 unspecified atom stereocenters. The summed E-state index contributed by atoms with van der Waals surface area (Å²) in [6.45, 7) is 0. The van der Waals surface area contributed by atoms with Gasteiger partial charge in [0.1, 0.15) is 0 Å². The van der Waals surface area contributed by atoms with Crippen LogP contribution in [0.2, 0.25) is 0 Å². The minimum absolute atomic E-state index is 0.189. The molecule has 24 heavy (non-hydrogen) atoms. The minimum Gasteiger partial charge on any atom is -0.351 e. The number of hydrogen-bond acceptors (Lipinski definition) is 4. The molecule has 122 valence electrons. The molecular formula is C17H15N3O2S2. The lowest BCUT2D eigenvalue weighted by Crippen LogP contribution is -2.45. The topological polar surface area (TPSA) is 54.3 Å². The largest absolute Gasteiger partial charge is 0.351 e. The van der Waals surface area contributed by atoms with E-state index < -0.39 is 0 Å². The molecule has 0 atom stereocenters. The summed E-state index contributed by atoms with van der Waals surface area (Å²) < 4.78 is 2.22. The second kappa shape index (κ2) is 7.02. The predicted molar refractivity (Wildman–Crippen MR) is 98.7 cm³/mol. The highest BCUT2D eigenvalue weighted by Gasteiger charge is 2.33. The van der Waals surface area contributed by atoms with Crippen LogP contribution >= 0.6 is 24.0 Å². The molecule has 1 aliphatic rings. The van der Waals surface area contributed by atoms with E-state index >= 15 is 0 Å². The predicted octanol–water partition coefficient (Wildman–Crippen LogP) is 2.50. The number of benzene rings is 1. The highest BCUT2D eigenvalue weighted by Crippen LogP contribution is 2.31. The SMILES string of the molecule is Cn1cccc1/C=C1/SC(=S)N(NC(=O)Cc2ccccc2)C1=O. The third-order valence-corrected chi connectivity index (χ3v) is 4.80. The van der Waals surface area contributed by atoms with Gasteiger partial charge in [0.25, 0.3) is 5.91 Å². The van der Waals surface area contributed by atoms with Gasteiger partial charge >= 0.3 is 0 Å². The van der Waals surface area contributed by atoms with Crippen molar-refractivity contribution in [3.8, 4) is 0 Å². The molecule has 2 amide bonds. The second-order valence-corrected chi connectivity index (χ2v) is 6.93. The van der Waals surface area contributed by atoms with Crippen LogP contribution in [-0.2, 0) is 23.1 Å². The molecule has 1 aromatic heterocycles. The van der Waals surface area contributed by atoms with Crippen LogP contribution in [-0.4, -0.2) is 25.7 Å². The van der Waals surface area contributed by atoms with E-state index in [1.807, 2.05) is 60.3 Å². The fourth-order valence-corrected chi connectivity index (χ4v) is 3.43. The second-order valence-electron chi connectivity index (χ2n) is 5.26. The van der Waals surface area contributed by atoms with Gasteiger partial charge in [0, 0.05) is 18.9 Å². The first-order valence-electron chi connectivity index (χ1n) is 7.27. The summed E-state index contributed by atoms with van der Waals surface area (Å²) in [6.07, 6.45) is 3.85. The Hall–Kier alpha value is -2.38. The monoisotopic (exact) mass is 357 g/mol. The molecule has 1 aromatic carbocycles. The first kappa shape index (κ1) is 16.5. The van der Waals surface area contributed by atoms with E-state index in [2.05, 4.69) is 5.43 Å². The van der Waals surface area contributed by atoms with Crippen LogP contribution in [0.1, 0.15) is 11.3 Å². The van der Waals surface area contributed by atoms with Gasteiger partial charge in [-0.1, -0.05) is 42.1 Å². The fraction of sp³-hybridized carbons (Fsp3) is 0.118. The summed E-state index contributed by atoms with van der Waals surface area (Å²) in [5.41, 5.74) is 4.36. The summed E-state index contributed by atoms with van der Waals surface area (Å²) in [5.74, 6) is -0.592. The maximum absolute atomic E-state index is 12.5. The summed E-state index contributed by atoms with van der Waals surface area (Å²) in [5, 5.41) is 1.14. The lowest BCUT2D eigenvalue weighted by molar-refractivity contribution is -0.132. The lowest BCUT2D eigenvalue weighted by Gasteiger charge is -2.15. The number of thiocarbonyl (C=S) groups is 1. The zero-order chi connectivity index (χ0) is 17.1. The van der Waals surface area contributed by atoms with Crippen LogP contribution in [0.25, 0.3) is 6.08 Å². The Balaban J connectivity index is 1.69. The number of nitrogens with one attached hydrogen (secondary N) is 1. The van der Waals surface area contributed by atoms with Gasteiger partial charge in [-0.15, -0.1) is 0 Å². The van der Waals surface area contributed by atoms with E-state index in [1.54, 1.807) is 6.08 Å². The van der Waals surface area contributed by atoms with E-state index in [4.69, 9.17) is 12.2 Å². The summed E-state index contributed by atoms with van der Waals surface area (Å²) in [7, 11) is 1.90. The van der Waals surface area contributed by atoms with Gasteiger partial charge in [0.05, 0.1) is 11.3 Å². The van der Waals surface area contributed by atoms with E-state index in [-0.39, 0.29) is 18.2 Å². The number of rotatable bonds is 4. The Bertz CT molecular complexity index is 827. The van der Waals surface area contributed by atoms with Crippen LogP contribution in [0.5, 0.6) is 0 Å². The van der Waals surface area contributed by atoms with Crippen molar-refractivity contribution in [1.29, 1.82) is 0 Å². The van der Waals surface area contributed by atoms with Crippen molar-refractivity contribution in [2.45, 2.75) is 6.42 Å². The minimum atomic E-state index is -0.312. The van der Waals surface area contributed by atoms with Crippen LogP contribution < -0.4 is 5.43 Å². The Morgan fingerprint density at radius 1 is 1.25 bits per heavy atom. The Labute approximate surface area is 149 Å². The maximum Gasteiger partial charge on any atom is 0.285 e. The molecule has 1 aliphatic heterocycles. The molecule has 0 aliphatic carbocycles. The molecular weight excluding hydrogens is 342 g/mol. The van der Waals surface area contributed by atoms with Crippen molar-refractivity contribution in [2.75, 3.05) is 0 Å². The van der Waals surface area contributed by atoms with Crippen LogP contribution in [0.3, 0.4) is 0 Å². The van der Waals surface area contributed by atoms with Crippen molar-refractivity contribution in [1.82, 2.24) is 15.0 Å². The maximum atomic E-state index is 12.5. The normalized spacial score (nSPS) is 16.0. The highest BCUT2D eigenvalue weighted by atomic mass is 32.2. The Morgan fingerprint density at radius 2 is 2.00 bits per heavy atom. The van der Waals surface area contributed by atoms with Crippen molar-refractivity contribution < 1.29 is 9.59 Å². The summed E-state index contributed by atoms with van der Waals surface area (Å²) in [6, 6.07) is 13.1. The molecule has 1 N–H and O–H groups in total. The number of aromatic nitrogens is 1. The number of carbonyl (C=O) groups is 2. The smallest absolute Gasteiger partial charge is 0.285 e. The van der Waals surface area contributed by atoms with Gasteiger partial charge in [-0.05, 0) is 36.0 Å². The molecule has 1 saturated heterocycles. The average Bonchev–Trinajstić information content (AvgIpc) is 3.07. The number of thioether (sulfide) groups is 1. The van der Waals surface area contributed by atoms with Crippen molar-refractivity contribution in [2.24, 2.45) is 7.05 Å². The van der Waals surface area contributed by atoms with Gasteiger partial charge in [0.15, 0.2) is 4.32 Å². The number of amides is 2. The van der Waals surface area contributed by atoms with Gasteiger partial charge in [-0.3, -0.25) is 15.0 Å². The third kappa shape index (κ3) is 3.58. The first-order valence-corrected chi connectivity index (χ1v) is 8.50. The average molecular weight is 357 g/mol. The van der Waals surface area contributed by atoms with Gasteiger partial charge in [0.2, 0.25) is 5.91 Å². The molecule has 0 radical (unpaired) electrons. The molecule has 0 spiro atoms. The zero-order valence-corrected chi connectivity index (χ0v) is 14.6. The Kier molecular flexibility index (Phi) is 4.82. The summed E-state index contributed by atoms with van der Waals surface area (Å²) >= 11 is 6.39. The molecule has 0 saturated carbocycles. The molecule has 3 rings (SSSR count). The number of carbonyl (C=O) groups excluding carboxylic acids is 2. The molecule has 2 heterocycles. The number of nitrogens with zero attached hydrogens (tertiary/aromatic N) is 2. The van der Waals surface area contributed by atoms with Crippen molar-refractivity contribution in [3.63, 3.8) is 0 Å². The van der Waals surface area contributed by atoms with Crippen LogP contribution in [0.15, 0.2) is 53.6 Å². The molecule has 7 heteroatoms. The van der Waals surface area contributed by atoms with Crippen molar-refractivity contribution >= 4 is 46.2 Å². The van der Waals surface area contributed by atoms with E-state index in [1.165, 1.54) is 11.8 Å². The van der Waals surface area contributed by atoms with Gasteiger partial charge in [-0.2, -0.15) is 5.01 Å². The standard InChI is InChI=1S/C17H15N3O2S2/c1-19-9-5-8-13(19)11-14-16(22)20(17(23)24-14)18-15(21)10-12-6-3-2-4-7-12/h2-9,11H,10H2,1H3,(H,18,21)/b14-11+. The molecule has 0 bridgehead atoms. The highest BCUT2D eigenvalue weighted by molar-refractivity contribution is 8.26. The molecule has 1 fully saturated rings. The molecule has 5 nitrogen and oxygen atoms in total. The number of hydrogen-bond donors (Lipinski definition) is 1. The Morgan fingerprint density at radius 3 is 2.67 bits per heavy atom. The van der Waals surface area contributed by atoms with Gasteiger partial charge in [-0.25, -0.2) is 0 Å². The van der Waals surface area contributed by atoms with Crippen LogP contribution in [0.4, 0.5) is 0 Å². The van der Waals surface area contributed by atoms with E-state index in [0.29, 0.717) is 9.23 Å².